The molecule has 2 saturated carbocycles. The highest BCUT2D eigenvalue weighted by molar-refractivity contribution is 5.00. The maximum Gasteiger partial charge on any atom is 0.0334 e. The second-order valence-corrected chi connectivity index (χ2v) is 6.63. The molecule has 2 rings (SSSR count). The van der Waals surface area contributed by atoms with Crippen LogP contribution in [0, 0.1) is 11.8 Å². The summed E-state index contributed by atoms with van der Waals surface area (Å²) in [5, 5.41) is 3.98. The predicted molar refractivity (Wildman–Crippen MR) is 74.0 cm³/mol. The van der Waals surface area contributed by atoms with Gasteiger partial charge >= 0.3 is 0 Å². The van der Waals surface area contributed by atoms with E-state index in [-0.39, 0.29) is 5.54 Å². The topological polar surface area (TPSA) is 38.0 Å². The van der Waals surface area contributed by atoms with Crippen LogP contribution in [0.5, 0.6) is 0 Å². The highest BCUT2D eigenvalue weighted by Crippen LogP contribution is 2.37. The zero-order valence-electron chi connectivity index (χ0n) is 11.7. The summed E-state index contributed by atoms with van der Waals surface area (Å²) in [5.74, 6) is 1.58. The summed E-state index contributed by atoms with van der Waals surface area (Å²) >= 11 is 0. The van der Waals surface area contributed by atoms with Gasteiger partial charge < -0.3 is 11.1 Å². The fraction of sp³-hybridized carbons (Fsp3) is 1.00. The minimum absolute atomic E-state index is 0.236. The van der Waals surface area contributed by atoms with Gasteiger partial charge in [0, 0.05) is 18.1 Å². The molecule has 3 N–H and O–H groups in total. The number of nitrogens with one attached hydrogen (secondary N) is 1. The molecule has 2 fully saturated rings. The number of hydrogen-bond acceptors (Lipinski definition) is 2. The average molecular weight is 238 g/mol. The first kappa shape index (κ1) is 13.4. The van der Waals surface area contributed by atoms with Gasteiger partial charge in [-0.15, -0.1) is 0 Å². The molecule has 2 aliphatic rings. The molecule has 3 atom stereocenters. The Bertz CT molecular complexity index is 235. The third-order valence-corrected chi connectivity index (χ3v) is 5.21. The van der Waals surface area contributed by atoms with Gasteiger partial charge in [0.2, 0.25) is 0 Å². The monoisotopic (exact) mass is 238 g/mol. The first-order chi connectivity index (χ1) is 8.16. The smallest absolute Gasteiger partial charge is 0.0334 e. The summed E-state index contributed by atoms with van der Waals surface area (Å²) in [6.45, 7) is 5.60. The second kappa shape index (κ2) is 5.71. The van der Waals surface area contributed by atoms with Gasteiger partial charge in [-0.1, -0.05) is 39.5 Å². The van der Waals surface area contributed by atoms with E-state index in [1.165, 1.54) is 51.4 Å². The first-order valence-corrected chi connectivity index (χ1v) is 7.64. The summed E-state index contributed by atoms with van der Waals surface area (Å²) in [6, 6.07) is 0.736. The largest absolute Gasteiger partial charge is 0.329 e. The Morgan fingerprint density at radius 3 is 2.41 bits per heavy atom. The van der Waals surface area contributed by atoms with Crippen LogP contribution in [0.3, 0.4) is 0 Å². The van der Waals surface area contributed by atoms with Crippen LogP contribution >= 0.6 is 0 Å². The van der Waals surface area contributed by atoms with Crippen molar-refractivity contribution < 1.29 is 0 Å². The van der Waals surface area contributed by atoms with Crippen molar-refractivity contribution in [3.63, 3.8) is 0 Å². The fourth-order valence-electron chi connectivity index (χ4n) is 3.93. The van der Waals surface area contributed by atoms with Crippen molar-refractivity contribution in [3.05, 3.63) is 0 Å². The number of rotatable bonds is 3. The van der Waals surface area contributed by atoms with E-state index >= 15 is 0 Å². The summed E-state index contributed by atoms with van der Waals surface area (Å²) in [6.07, 6.45) is 11.0. The minimum Gasteiger partial charge on any atom is -0.329 e. The molecular formula is C15H30N2. The molecule has 0 radical (unpaired) electrons. The lowest BCUT2D eigenvalue weighted by atomic mass is 9.69. The van der Waals surface area contributed by atoms with Gasteiger partial charge in [-0.3, -0.25) is 0 Å². The summed E-state index contributed by atoms with van der Waals surface area (Å²) < 4.78 is 0. The Morgan fingerprint density at radius 2 is 1.76 bits per heavy atom. The lowest BCUT2D eigenvalue weighted by Crippen LogP contribution is -2.61. The van der Waals surface area contributed by atoms with Crippen LogP contribution in [0.1, 0.15) is 65.2 Å². The van der Waals surface area contributed by atoms with E-state index in [2.05, 4.69) is 19.2 Å². The van der Waals surface area contributed by atoms with Gasteiger partial charge in [-0.25, -0.2) is 0 Å². The molecule has 100 valence electrons. The third-order valence-electron chi connectivity index (χ3n) is 5.21. The van der Waals surface area contributed by atoms with Gasteiger partial charge in [0.1, 0.15) is 0 Å². The van der Waals surface area contributed by atoms with Crippen LogP contribution in [-0.2, 0) is 0 Å². The quantitative estimate of drug-likeness (QED) is 0.793. The predicted octanol–water partition coefficient (Wildman–Crippen LogP) is 3.06. The Hall–Kier alpha value is -0.0800. The lowest BCUT2D eigenvalue weighted by molar-refractivity contribution is 0.104. The summed E-state index contributed by atoms with van der Waals surface area (Å²) in [4.78, 5) is 0. The van der Waals surface area contributed by atoms with E-state index in [9.17, 15) is 0 Å². The molecule has 0 bridgehead atoms. The van der Waals surface area contributed by atoms with Crippen LogP contribution in [-0.4, -0.2) is 18.1 Å². The van der Waals surface area contributed by atoms with Crippen molar-refractivity contribution in [3.8, 4) is 0 Å². The number of hydrogen-bond donors (Lipinski definition) is 2. The van der Waals surface area contributed by atoms with Gasteiger partial charge in [-0.2, -0.15) is 0 Å². The zero-order chi connectivity index (χ0) is 12.3. The SMILES string of the molecule is CC1CCC(C)C(CN)(NC2CCCCC2)C1. The van der Waals surface area contributed by atoms with Crippen molar-refractivity contribution in [2.45, 2.75) is 76.8 Å². The van der Waals surface area contributed by atoms with E-state index in [0.717, 1.165) is 24.4 Å². The Kier molecular flexibility index (Phi) is 4.48. The highest BCUT2D eigenvalue weighted by Gasteiger charge is 2.40. The van der Waals surface area contributed by atoms with Gasteiger partial charge in [-0.05, 0) is 37.5 Å². The normalized spacial score (nSPS) is 40.4. The van der Waals surface area contributed by atoms with Gasteiger partial charge in [0.15, 0.2) is 0 Å². The third kappa shape index (κ3) is 3.03. The molecule has 2 aliphatic carbocycles. The van der Waals surface area contributed by atoms with Crippen molar-refractivity contribution in [1.82, 2.24) is 5.32 Å². The highest BCUT2D eigenvalue weighted by atomic mass is 15.0. The van der Waals surface area contributed by atoms with E-state index in [1.54, 1.807) is 0 Å². The van der Waals surface area contributed by atoms with Crippen LogP contribution in [0.2, 0.25) is 0 Å². The number of nitrogens with two attached hydrogens (primary N) is 1. The summed E-state index contributed by atoms with van der Waals surface area (Å²) in [7, 11) is 0. The van der Waals surface area contributed by atoms with Crippen molar-refractivity contribution in [1.29, 1.82) is 0 Å². The Labute approximate surface area is 107 Å². The maximum absolute atomic E-state index is 6.15. The summed E-state index contributed by atoms with van der Waals surface area (Å²) in [5.41, 5.74) is 6.38. The lowest BCUT2D eigenvalue weighted by Gasteiger charge is -2.48. The van der Waals surface area contributed by atoms with Gasteiger partial charge in [0.25, 0.3) is 0 Å². The van der Waals surface area contributed by atoms with Crippen LogP contribution in [0.15, 0.2) is 0 Å². The molecule has 0 amide bonds. The first-order valence-electron chi connectivity index (χ1n) is 7.64. The molecule has 0 aromatic heterocycles. The van der Waals surface area contributed by atoms with E-state index in [4.69, 9.17) is 5.73 Å². The second-order valence-electron chi connectivity index (χ2n) is 6.63. The molecule has 0 aromatic rings. The van der Waals surface area contributed by atoms with E-state index in [0.29, 0.717) is 0 Å². The molecule has 2 nitrogen and oxygen atoms in total. The van der Waals surface area contributed by atoms with E-state index in [1.807, 2.05) is 0 Å². The molecule has 0 saturated heterocycles. The molecule has 0 aliphatic heterocycles. The molecule has 3 unspecified atom stereocenters. The van der Waals surface area contributed by atoms with Gasteiger partial charge in [0.05, 0.1) is 0 Å². The minimum atomic E-state index is 0.236. The van der Waals surface area contributed by atoms with Crippen LogP contribution in [0.4, 0.5) is 0 Å². The molecule has 2 heteroatoms. The fourth-order valence-corrected chi connectivity index (χ4v) is 3.93. The van der Waals surface area contributed by atoms with E-state index < -0.39 is 0 Å². The average Bonchev–Trinajstić information content (AvgIpc) is 2.35. The maximum atomic E-state index is 6.15. The van der Waals surface area contributed by atoms with Crippen molar-refractivity contribution in [2.24, 2.45) is 17.6 Å². The Balaban J connectivity index is 2.00. The molecule has 0 spiro atoms. The zero-order valence-corrected chi connectivity index (χ0v) is 11.7. The molecule has 17 heavy (non-hydrogen) atoms. The molecule has 0 heterocycles. The standard InChI is InChI=1S/C15H30N2/c1-12-8-9-13(2)15(10-12,11-16)17-14-6-4-3-5-7-14/h12-14,17H,3-11,16H2,1-2H3. The molecular weight excluding hydrogens is 208 g/mol. The molecule has 0 aromatic carbocycles. The van der Waals surface area contributed by atoms with Crippen LogP contribution in [0.25, 0.3) is 0 Å². The van der Waals surface area contributed by atoms with Crippen LogP contribution < -0.4 is 11.1 Å². The van der Waals surface area contributed by atoms with Crippen molar-refractivity contribution in [2.75, 3.05) is 6.54 Å². The van der Waals surface area contributed by atoms with Crippen molar-refractivity contribution >= 4 is 0 Å². The Morgan fingerprint density at radius 1 is 1.06 bits per heavy atom.